The Morgan fingerprint density at radius 3 is 2.30 bits per heavy atom. The van der Waals surface area contributed by atoms with Crippen LogP contribution in [0.3, 0.4) is 0 Å². The first kappa shape index (κ1) is 25.5. The summed E-state index contributed by atoms with van der Waals surface area (Å²) in [6.07, 6.45) is 4.39. The first-order valence-corrected chi connectivity index (χ1v) is 11.2. The van der Waals surface area contributed by atoms with Crippen molar-refractivity contribution in [2.75, 3.05) is 57.9 Å². The van der Waals surface area contributed by atoms with E-state index in [1.165, 1.54) is 23.4 Å². The molecule has 0 radical (unpaired) electrons. The fraction of sp³-hybridized carbons (Fsp3) is 0.400. The van der Waals surface area contributed by atoms with Crippen molar-refractivity contribution in [1.29, 1.82) is 0 Å². The van der Waals surface area contributed by atoms with Crippen LogP contribution in [0.25, 0.3) is 0 Å². The summed E-state index contributed by atoms with van der Waals surface area (Å²) < 4.78 is 19.0. The third-order valence-corrected chi connectivity index (χ3v) is 6.01. The molecule has 2 aliphatic heterocycles. The maximum Gasteiger partial charge on any atom is 0.191 e. The Hall–Kier alpha value is -2.17. The molecule has 2 N–H and O–H groups in total. The predicted molar refractivity (Wildman–Crippen MR) is 143 cm³/mol. The van der Waals surface area contributed by atoms with Gasteiger partial charge in [-0.3, -0.25) is 9.89 Å². The summed E-state index contributed by atoms with van der Waals surface area (Å²) in [4.78, 5) is 9.09. The van der Waals surface area contributed by atoms with Gasteiger partial charge in [-0.1, -0.05) is 36.4 Å². The molecule has 4 rings (SSSR count). The van der Waals surface area contributed by atoms with Gasteiger partial charge in [0.05, 0.1) is 19.3 Å². The van der Waals surface area contributed by atoms with E-state index in [1.54, 1.807) is 7.05 Å². The number of morpholine rings is 1. The van der Waals surface area contributed by atoms with E-state index in [2.05, 4.69) is 61.8 Å². The first-order chi connectivity index (χ1) is 15.7. The van der Waals surface area contributed by atoms with Crippen molar-refractivity contribution >= 4 is 35.6 Å². The number of benzene rings is 2. The summed E-state index contributed by atoms with van der Waals surface area (Å²) in [5, 5.41) is 6.86. The first-order valence-electron chi connectivity index (χ1n) is 11.2. The van der Waals surface area contributed by atoms with Crippen LogP contribution >= 0.6 is 24.0 Å². The molecule has 178 valence electrons. The van der Waals surface area contributed by atoms with Crippen molar-refractivity contribution in [2.45, 2.75) is 12.6 Å². The van der Waals surface area contributed by atoms with Gasteiger partial charge in [0.25, 0.3) is 0 Å². The second-order valence-corrected chi connectivity index (χ2v) is 8.07. The molecule has 2 aliphatic rings. The van der Waals surface area contributed by atoms with E-state index in [9.17, 15) is 4.39 Å². The highest BCUT2D eigenvalue weighted by molar-refractivity contribution is 14.0. The van der Waals surface area contributed by atoms with Crippen LogP contribution in [0.1, 0.15) is 17.2 Å². The Bertz CT molecular complexity index is 905. The molecule has 2 aromatic rings. The number of halogens is 2. The number of anilines is 1. The van der Waals surface area contributed by atoms with Gasteiger partial charge in [-0.2, -0.15) is 0 Å². The lowest BCUT2D eigenvalue weighted by Crippen LogP contribution is -2.46. The zero-order valence-corrected chi connectivity index (χ0v) is 21.4. The molecule has 2 aromatic carbocycles. The van der Waals surface area contributed by atoms with E-state index in [0.29, 0.717) is 26.3 Å². The van der Waals surface area contributed by atoms with Crippen LogP contribution in [0, 0.1) is 5.82 Å². The van der Waals surface area contributed by atoms with Gasteiger partial charge in [0.1, 0.15) is 5.82 Å². The highest BCUT2D eigenvalue weighted by Crippen LogP contribution is 2.22. The highest BCUT2D eigenvalue weighted by atomic mass is 127. The predicted octanol–water partition coefficient (Wildman–Crippen LogP) is 3.56. The van der Waals surface area contributed by atoms with Crippen molar-refractivity contribution in [3.63, 3.8) is 0 Å². The fourth-order valence-electron chi connectivity index (χ4n) is 4.15. The quantitative estimate of drug-likeness (QED) is 0.233. The number of nitrogens with one attached hydrogen (secondary N) is 2. The van der Waals surface area contributed by atoms with Gasteiger partial charge in [0.2, 0.25) is 0 Å². The summed E-state index contributed by atoms with van der Waals surface area (Å²) in [6.45, 7) is 6.47. The topological polar surface area (TPSA) is 52.1 Å². The van der Waals surface area contributed by atoms with Gasteiger partial charge in [-0.15, -0.1) is 24.0 Å². The molecular weight excluding hydrogens is 532 g/mol. The average Bonchev–Trinajstić information content (AvgIpc) is 3.38. The lowest BCUT2D eigenvalue weighted by atomic mass is 10.0. The van der Waals surface area contributed by atoms with Crippen molar-refractivity contribution in [3.8, 4) is 0 Å². The van der Waals surface area contributed by atoms with E-state index in [1.807, 2.05) is 12.1 Å². The normalized spacial score (nSPS) is 17.5. The number of nitrogens with zero attached hydrogens (tertiary/aromatic N) is 3. The summed E-state index contributed by atoms with van der Waals surface area (Å²) in [7, 11) is 1.78. The van der Waals surface area contributed by atoms with Crippen LogP contribution in [-0.2, 0) is 11.3 Å². The van der Waals surface area contributed by atoms with Crippen molar-refractivity contribution in [2.24, 2.45) is 4.99 Å². The molecule has 0 aliphatic carbocycles. The second kappa shape index (κ2) is 12.9. The number of guanidine groups is 1. The molecule has 1 unspecified atom stereocenters. The fourth-order valence-corrected chi connectivity index (χ4v) is 4.15. The Labute approximate surface area is 212 Å². The molecular formula is C25H33FIN5O. The number of ether oxygens (including phenoxy) is 1. The SMILES string of the molecule is CN=C(NCc1ccc(N2CC=CC2)cc1)NCC(c1ccc(F)cc1)N1CCOCC1.I. The van der Waals surface area contributed by atoms with E-state index in [0.717, 1.165) is 37.7 Å². The molecule has 2 heterocycles. The molecule has 6 nitrogen and oxygen atoms in total. The van der Waals surface area contributed by atoms with Gasteiger partial charge in [-0.05, 0) is 35.4 Å². The maximum atomic E-state index is 13.5. The van der Waals surface area contributed by atoms with Crippen LogP contribution < -0.4 is 15.5 Å². The molecule has 1 atom stereocenters. The Balaban J connectivity index is 0.00000306. The van der Waals surface area contributed by atoms with Crippen molar-refractivity contribution < 1.29 is 9.13 Å². The molecule has 0 spiro atoms. The molecule has 1 saturated heterocycles. The molecule has 0 aromatic heterocycles. The number of hydrogen-bond acceptors (Lipinski definition) is 4. The van der Waals surface area contributed by atoms with Gasteiger partial charge >= 0.3 is 0 Å². The average molecular weight is 565 g/mol. The maximum absolute atomic E-state index is 13.5. The summed E-state index contributed by atoms with van der Waals surface area (Å²) in [6, 6.07) is 15.6. The van der Waals surface area contributed by atoms with Crippen LogP contribution in [-0.4, -0.2) is 63.8 Å². The summed E-state index contributed by atoms with van der Waals surface area (Å²) in [5.74, 6) is 0.533. The van der Waals surface area contributed by atoms with Crippen LogP contribution in [0.4, 0.5) is 10.1 Å². The number of rotatable bonds is 7. The van der Waals surface area contributed by atoms with E-state index >= 15 is 0 Å². The molecule has 33 heavy (non-hydrogen) atoms. The Morgan fingerprint density at radius 2 is 1.67 bits per heavy atom. The van der Waals surface area contributed by atoms with Gasteiger partial charge in [0, 0.05) is 52.0 Å². The molecule has 1 fully saturated rings. The van der Waals surface area contributed by atoms with E-state index in [-0.39, 0.29) is 35.8 Å². The smallest absolute Gasteiger partial charge is 0.191 e. The van der Waals surface area contributed by atoms with Crippen LogP contribution in [0.2, 0.25) is 0 Å². The summed E-state index contributed by atoms with van der Waals surface area (Å²) in [5.41, 5.74) is 3.53. The van der Waals surface area contributed by atoms with E-state index < -0.39 is 0 Å². The van der Waals surface area contributed by atoms with E-state index in [4.69, 9.17) is 4.74 Å². The highest BCUT2D eigenvalue weighted by Gasteiger charge is 2.23. The lowest BCUT2D eigenvalue weighted by molar-refractivity contribution is 0.0170. The Morgan fingerprint density at radius 1 is 1.00 bits per heavy atom. The molecule has 0 saturated carbocycles. The monoisotopic (exact) mass is 565 g/mol. The number of hydrogen-bond donors (Lipinski definition) is 2. The third kappa shape index (κ3) is 7.15. The minimum absolute atomic E-state index is 0. The number of aliphatic imine (C=N–C) groups is 1. The van der Waals surface area contributed by atoms with Gasteiger partial charge in [-0.25, -0.2) is 4.39 Å². The van der Waals surface area contributed by atoms with Gasteiger partial charge < -0.3 is 20.3 Å². The standard InChI is InChI=1S/C25H32FN5O.HI/c1-27-25(28-18-20-4-10-23(11-5-20)30-12-2-3-13-30)29-19-24(31-14-16-32-17-15-31)21-6-8-22(26)9-7-21;/h2-11,24H,12-19H2,1H3,(H2,27,28,29);1H. The zero-order chi connectivity index (χ0) is 22.2. The Kier molecular flexibility index (Phi) is 9.95. The second-order valence-electron chi connectivity index (χ2n) is 8.07. The van der Waals surface area contributed by atoms with Crippen molar-refractivity contribution in [1.82, 2.24) is 15.5 Å². The van der Waals surface area contributed by atoms with Gasteiger partial charge in [0.15, 0.2) is 5.96 Å². The lowest BCUT2D eigenvalue weighted by Gasteiger charge is -2.35. The minimum atomic E-state index is -0.216. The molecule has 0 amide bonds. The minimum Gasteiger partial charge on any atom is -0.379 e. The van der Waals surface area contributed by atoms with Crippen LogP contribution in [0.5, 0.6) is 0 Å². The molecule has 0 bridgehead atoms. The van der Waals surface area contributed by atoms with Crippen molar-refractivity contribution in [3.05, 3.63) is 77.6 Å². The van der Waals surface area contributed by atoms with Crippen LogP contribution in [0.15, 0.2) is 65.7 Å². The zero-order valence-electron chi connectivity index (χ0n) is 19.0. The summed E-state index contributed by atoms with van der Waals surface area (Å²) >= 11 is 0. The largest absolute Gasteiger partial charge is 0.379 e. The third-order valence-electron chi connectivity index (χ3n) is 6.01. The molecule has 8 heteroatoms.